The number of quaternary nitrogens is 1. The van der Waals surface area contributed by atoms with Crippen LogP contribution in [0.2, 0.25) is 0 Å². The first-order valence-electron chi connectivity index (χ1n) is 20.9. The van der Waals surface area contributed by atoms with Crippen molar-refractivity contribution in [3.05, 3.63) is 60.8 Å². The van der Waals surface area contributed by atoms with Gasteiger partial charge in [0.15, 0.2) is 12.1 Å². The quantitative estimate of drug-likeness (QED) is 0.0295. The topological polar surface area (TPSA) is 99.1 Å². The highest BCUT2D eigenvalue weighted by Gasteiger charge is 2.31. The number of carbonyl (C=O) groups is 3. The van der Waals surface area contributed by atoms with Crippen LogP contribution in [-0.2, 0) is 28.6 Å². The van der Waals surface area contributed by atoms with Crippen LogP contribution in [0.1, 0.15) is 155 Å². The van der Waals surface area contributed by atoms with Crippen LogP contribution in [0.3, 0.4) is 0 Å². The molecule has 8 nitrogen and oxygen atoms in total. The van der Waals surface area contributed by atoms with E-state index in [2.05, 4.69) is 26.0 Å². The molecule has 0 spiro atoms. The Labute approximate surface area is 324 Å². The second-order valence-electron chi connectivity index (χ2n) is 15.0. The van der Waals surface area contributed by atoms with Crippen molar-refractivity contribution in [2.45, 2.75) is 167 Å². The van der Waals surface area contributed by atoms with Crippen molar-refractivity contribution in [3.8, 4) is 0 Å². The van der Waals surface area contributed by atoms with Gasteiger partial charge in [-0.2, -0.15) is 0 Å². The van der Waals surface area contributed by atoms with Gasteiger partial charge in [0, 0.05) is 19.3 Å². The molecule has 0 heterocycles. The van der Waals surface area contributed by atoms with Gasteiger partial charge < -0.3 is 23.8 Å². The fraction of sp³-hybridized carbons (Fsp3) is 0.711. The number of esters is 2. The van der Waals surface area contributed by atoms with Crippen LogP contribution >= 0.6 is 0 Å². The third-order valence-electron chi connectivity index (χ3n) is 9.06. The van der Waals surface area contributed by atoms with Crippen LogP contribution in [0.25, 0.3) is 0 Å². The standard InChI is InChI=1S/C45H77NO7/c1-6-8-10-12-14-16-18-20-22-24-26-28-30-32-34-36-44(48)53-41(39-51-38-37-42(45(49)50)46(3,4)5)40-52-43(47)35-33-31-29-27-25-23-21-19-17-15-13-11-9-7-2/h8,10,12,14,16,18,20,22,24,26,41-42H,6-7,9,11,13,15,17,19,21,23,25,27-40H2,1-5H3/p+1/b10-8+,14-12+,18-16+,22-20+,26-24+. The van der Waals surface area contributed by atoms with Crippen LogP contribution in [0, 0.1) is 0 Å². The number of rotatable bonds is 36. The molecule has 0 aromatic heterocycles. The van der Waals surface area contributed by atoms with Gasteiger partial charge in [-0.3, -0.25) is 9.59 Å². The maximum Gasteiger partial charge on any atom is 0.362 e. The van der Waals surface area contributed by atoms with Gasteiger partial charge in [0.2, 0.25) is 0 Å². The van der Waals surface area contributed by atoms with E-state index in [4.69, 9.17) is 14.2 Å². The van der Waals surface area contributed by atoms with Gasteiger partial charge in [-0.25, -0.2) is 4.79 Å². The lowest BCUT2D eigenvalue weighted by molar-refractivity contribution is -0.887. The van der Waals surface area contributed by atoms with E-state index < -0.39 is 18.1 Å². The molecular formula is C45H78NO7+. The number of hydrogen-bond acceptors (Lipinski definition) is 6. The minimum atomic E-state index is -0.884. The summed E-state index contributed by atoms with van der Waals surface area (Å²) in [5.74, 6) is -1.53. The van der Waals surface area contributed by atoms with Gasteiger partial charge >= 0.3 is 17.9 Å². The SMILES string of the molecule is CC/C=C/C=C/C=C/C=C/C=C/CCCCCC(=O)OC(COCCC(C(=O)O)[N+](C)(C)C)COC(=O)CCCCCCCCCCCCCCCC. The van der Waals surface area contributed by atoms with Gasteiger partial charge in [-0.1, -0.05) is 164 Å². The fourth-order valence-corrected chi connectivity index (χ4v) is 5.82. The molecule has 0 aliphatic carbocycles. The van der Waals surface area contributed by atoms with Crippen molar-refractivity contribution in [2.24, 2.45) is 0 Å². The fourth-order valence-electron chi connectivity index (χ4n) is 5.82. The monoisotopic (exact) mass is 745 g/mol. The molecule has 0 rings (SSSR count). The summed E-state index contributed by atoms with van der Waals surface area (Å²) in [6.45, 7) is 4.54. The Hall–Kier alpha value is -2.97. The van der Waals surface area contributed by atoms with Crippen molar-refractivity contribution in [1.82, 2.24) is 0 Å². The van der Waals surface area contributed by atoms with Crippen molar-refractivity contribution >= 4 is 17.9 Å². The van der Waals surface area contributed by atoms with E-state index in [-0.39, 0.29) is 42.7 Å². The molecule has 304 valence electrons. The minimum absolute atomic E-state index is 0.0427. The normalized spacial score (nSPS) is 13.6. The smallest absolute Gasteiger partial charge is 0.362 e. The lowest BCUT2D eigenvalue weighted by atomic mass is 10.0. The van der Waals surface area contributed by atoms with Gasteiger partial charge in [-0.15, -0.1) is 0 Å². The summed E-state index contributed by atoms with van der Waals surface area (Å²) in [6, 6.07) is -0.623. The predicted octanol–water partition coefficient (Wildman–Crippen LogP) is 11.0. The average Bonchev–Trinajstić information content (AvgIpc) is 3.11. The molecule has 0 aliphatic rings. The number of likely N-dealkylation sites (N-methyl/N-ethyl adjacent to an activating group) is 1. The highest BCUT2D eigenvalue weighted by Crippen LogP contribution is 2.14. The Balaban J connectivity index is 4.46. The third-order valence-corrected chi connectivity index (χ3v) is 9.06. The summed E-state index contributed by atoms with van der Waals surface area (Å²) in [5, 5.41) is 9.60. The van der Waals surface area contributed by atoms with Crippen LogP contribution in [-0.4, -0.2) is 80.6 Å². The van der Waals surface area contributed by atoms with Crippen molar-refractivity contribution in [3.63, 3.8) is 0 Å². The molecule has 0 fully saturated rings. The maximum atomic E-state index is 12.7. The number of hydrogen-bond donors (Lipinski definition) is 1. The number of carboxylic acids is 1. The zero-order chi connectivity index (χ0) is 39.3. The Morgan fingerprint density at radius 1 is 0.585 bits per heavy atom. The molecule has 8 heteroatoms. The van der Waals surface area contributed by atoms with Gasteiger partial charge in [0.05, 0.1) is 34.4 Å². The van der Waals surface area contributed by atoms with E-state index in [1.54, 1.807) is 0 Å². The Kier molecular flexibility index (Phi) is 34.0. The number of unbranched alkanes of at least 4 members (excludes halogenated alkanes) is 16. The van der Waals surface area contributed by atoms with E-state index in [1.807, 2.05) is 69.8 Å². The summed E-state index contributed by atoms with van der Waals surface area (Å²) >= 11 is 0. The molecule has 2 atom stereocenters. The second-order valence-corrected chi connectivity index (χ2v) is 15.0. The first kappa shape index (κ1) is 50.0. The van der Waals surface area contributed by atoms with Crippen molar-refractivity contribution in [2.75, 3.05) is 41.0 Å². The molecule has 0 aliphatic heterocycles. The molecule has 0 saturated heterocycles. The van der Waals surface area contributed by atoms with E-state index in [0.717, 1.165) is 44.9 Å². The molecule has 53 heavy (non-hydrogen) atoms. The molecule has 1 N–H and O–H groups in total. The second kappa shape index (κ2) is 36.0. The summed E-state index contributed by atoms with van der Waals surface area (Å²) < 4.78 is 17.2. The summed E-state index contributed by atoms with van der Waals surface area (Å²) in [7, 11) is 5.50. The van der Waals surface area contributed by atoms with Gasteiger partial charge in [0.25, 0.3) is 0 Å². The summed E-state index contributed by atoms with van der Waals surface area (Å²) in [5.41, 5.74) is 0. The zero-order valence-corrected chi connectivity index (χ0v) is 34.4. The lowest BCUT2D eigenvalue weighted by Crippen LogP contribution is -2.50. The van der Waals surface area contributed by atoms with Crippen LogP contribution in [0.15, 0.2) is 60.8 Å². The number of ether oxygens (including phenoxy) is 3. The molecule has 0 aromatic rings. The van der Waals surface area contributed by atoms with Gasteiger partial charge in [-0.05, 0) is 32.1 Å². The van der Waals surface area contributed by atoms with E-state index in [0.29, 0.717) is 19.3 Å². The number of nitrogens with zero attached hydrogens (tertiary/aromatic N) is 1. The lowest BCUT2D eigenvalue weighted by Gasteiger charge is -2.31. The summed E-state index contributed by atoms with van der Waals surface area (Å²) in [4.78, 5) is 36.9. The maximum absolute atomic E-state index is 12.7. The Morgan fingerprint density at radius 2 is 1.06 bits per heavy atom. The Bertz CT molecular complexity index is 1050. The van der Waals surface area contributed by atoms with E-state index >= 15 is 0 Å². The highest BCUT2D eigenvalue weighted by molar-refractivity contribution is 5.72. The molecule has 0 bridgehead atoms. The van der Waals surface area contributed by atoms with Crippen molar-refractivity contribution < 1.29 is 38.2 Å². The van der Waals surface area contributed by atoms with Crippen LogP contribution < -0.4 is 0 Å². The first-order chi connectivity index (χ1) is 25.6. The van der Waals surface area contributed by atoms with E-state index in [1.165, 1.54) is 70.6 Å². The average molecular weight is 745 g/mol. The zero-order valence-electron chi connectivity index (χ0n) is 34.4. The van der Waals surface area contributed by atoms with E-state index in [9.17, 15) is 19.5 Å². The molecule has 0 amide bonds. The number of allylic oxidation sites excluding steroid dienone is 10. The first-order valence-corrected chi connectivity index (χ1v) is 20.9. The molecule has 0 radical (unpaired) electrons. The van der Waals surface area contributed by atoms with Crippen LogP contribution in [0.5, 0.6) is 0 Å². The summed E-state index contributed by atoms with van der Waals surface area (Å²) in [6.07, 6.45) is 42.6. The number of carbonyl (C=O) groups excluding carboxylic acids is 2. The highest BCUT2D eigenvalue weighted by atomic mass is 16.6. The molecular weight excluding hydrogens is 666 g/mol. The largest absolute Gasteiger partial charge is 0.477 e. The third kappa shape index (κ3) is 34.5. The van der Waals surface area contributed by atoms with Crippen molar-refractivity contribution in [1.29, 1.82) is 0 Å². The predicted molar refractivity (Wildman–Crippen MR) is 220 cm³/mol. The minimum Gasteiger partial charge on any atom is -0.477 e. The molecule has 0 saturated carbocycles. The molecule has 0 aromatic carbocycles. The number of aliphatic carboxylic acids is 1. The van der Waals surface area contributed by atoms with Crippen LogP contribution in [0.4, 0.5) is 0 Å². The Morgan fingerprint density at radius 3 is 1.57 bits per heavy atom. The molecule has 2 unspecified atom stereocenters. The number of carboxylic acid groups (broad SMARTS) is 1. The van der Waals surface area contributed by atoms with Gasteiger partial charge in [0.1, 0.15) is 6.61 Å².